The topological polar surface area (TPSA) is 23.6 Å². The summed E-state index contributed by atoms with van der Waals surface area (Å²) in [5.41, 5.74) is 0.521. The van der Waals surface area contributed by atoms with E-state index in [0.717, 1.165) is 6.54 Å². The van der Waals surface area contributed by atoms with Crippen molar-refractivity contribution in [1.29, 1.82) is 0 Å². The monoisotopic (exact) mass is 314 g/mol. The normalized spacial score (nSPS) is 21.1. The number of rotatable bonds is 1. The Morgan fingerprint density at radius 3 is 2.78 bits per heavy atom. The molecule has 1 saturated heterocycles. The molecule has 0 aromatic heterocycles. The number of carbonyl (C=O) groups excluding carboxylic acids is 1. The molecule has 1 fully saturated rings. The molecular formula is C13H16BrFN2O. The second kappa shape index (κ2) is 5.36. The second-order valence-corrected chi connectivity index (χ2v) is 5.56. The first-order chi connectivity index (χ1) is 8.49. The van der Waals surface area contributed by atoms with Crippen molar-refractivity contribution in [2.24, 2.45) is 0 Å². The molecule has 1 atom stereocenters. The fourth-order valence-corrected chi connectivity index (χ4v) is 2.59. The van der Waals surface area contributed by atoms with Crippen LogP contribution in [-0.2, 0) is 0 Å². The van der Waals surface area contributed by atoms with Gasteiger partial charge in [-0.1, -0.05) is 0 Å². The third-order valence-corrected chi connectivity index (χ3v) is 4.06. The molecule has 0 bridgehead atoms. The summed E-state index contributed by atoms with van der Waals surface area (Å²) in [6.45, 7) is 4.38. The summed E-state index contributed by atoms with van der Waals surface area (Å²) >= 11 is 3.24. The average Bonchev–Trinajstić information content (AvgIpc) is 2.32. The molecule has 0 N–H and O–H groups in total. The van der Waals surface area contributed by atoms with Gasteiger partial charge in [0.15, 0.2) is 0 Å². The summed E-state index contributed by atoms with van der Waals surface area (Å²) in [7, 11) is 2.06. The van der Waals surface area contributed by atoms with E-state index < -0.39 is 0 Å². The van der Waals surface area contributed by atoms with Gasteiger partial charge in [-0.15, -0.1) is 0 Å². The van der Waals surface area contributed by atoms with Crippen LogP contribution in [0.4, 0.5) is 4.39 Å². The number of benzene rings is 1. The summed E-state index contributed by atoms with van der Waals surface area (Å²) < 4.78 is 13.5. The van der Waals surface area contributed by atoms with E-state index in [1.165, 1.54) is 18.2 Å². The summed E-state index contributed by atoms with van der Waals surface area (Å²) in [5, 5.41) is 0. The van der Waals surface area contributed by atoms with E-state index in [9.17, 15) is 9.18 Å². The Morgan fingerprint density at radius 2 is 2.17 bits per heavy atom. The Kier molecular flexibility index (Phi) is 4.02. The summed E-state index contributed by atoms with van der Waals surface area (Å²) in [6.07, 6.45) is 0. The van der Waals surface area contributed by atoms with Crippen molar-refractivity contribution >= 4 is 21.8 Å². The zero-order valence-electron chi connectivity index (χ0n) is 10.5. The van der Waals surface area contributed by atoms with Gasteiger partial charge in [-0.2, -0.15) is 0 Å². The van der Waals surface area contributed by atoms with Crippen molar-refractivity contribution in [3.8, 4) is 0 Å². The Morgan fingerprint density at radius 1 is 1.44 bits per heavy atom. The molecule has 2 rings (SSSR count). The van der Waals surface area contributed by atoms with Crippen LogP contribution in [0, 0.1) is 5.82 Å². The van der Waals surface area contributed by atoms with Crippen LogP contribution in [0.2, 0.25) is 0 Å². The molecule has 0 aliphatic carbocycles. The highest BCUT2D eigenvalue weighted by Crippen LogP contribution is 2.21. The SMILES string of the molecule is CC1CN(C(=O)c2ccc(F)cc2Br)CCN1C. The maximum atomic E-state index is 13.0. The van der Waals surface area contributed by atoms with Gasteiger partial charge >= 0.3 is 0 Å². The van der Waals surface area contributed by atoms with Crippen LogP contribution in [0.15, 0.2) is 22.7 Å². The van der Waals surface area contributed by atoms with Gasteiger partial charge in [-0.3, -0.25) is 4.79 Å². The van der Waals surface area contributed by atoms with Crippen LogP contribution in [0.25, 0.3) is 0 Å². The number of halogens is 2. The van der Waals surface area contributed by atoms with E-state index in [1.54, 1.807) is 0 Å². The summed E-state index contributed by atoms with van der Waals surface area (Å²) in [5.74, 6) is -0.382. The van der Waals surface area contributed by atoms with Crippen molar-refractivity contribution < 1.29 is 9.18 Å². The predicted octanol–water partition coefficient (Wildman–Crippen LogP) is 2.36. The van der Waals surface area contributed by atoms with Crippen LogP contribution in [0.1, 0.15) is 17.3 Å². The first-order valence-corrected chi connectivity index (χ1v) is 6.73. The highest BCUT2D eigenvalue weighted by atomic mass is 79.9. The molecule has 3 nitrogen and oxygen atoms in total. The number of amides is 1. The summed E-state index contributed by atoms with van der Waals surface area (Å²) in [4.78, 5) is 16.4. The number of piperazine rings is 1. The third-order valence-electron chi connectivity index (χ3n) is 3.41. The molecule has 1 aliphatic rings. The van der Waals surface area contributed by atoms with Gasteiger partial charge in [0.25, 0.3) is 5.91 Å². The standard InChI is InChI=1S/C13H16BrFN2O/c1-9-8-17(6-5-16(9)2)13(18)11-4-3-10(15)7-12(11)14/h3-4,7,9H,5-6,8H2,1-2H3. The van der Waals surface area contributed by atoms with E-state index in [4.69, 9.17) is 0 Å². The molecule has 18 heavy (non-hydrogen) atoms. The van der Waals surface area contributed by atoms with Gasteiger partial charge in [0.2, 0.25) is 0 Å². The van der Waals surface area contributed by atoms with Crippen molar-refractivity contribution in [3.05, 3.63) is 34.1 Å². The number of hydrogen-bond acceptors (Lipinski definition) is 2. The van der Waals surface area contributed by atoms with Crippen LogP contribution in [0.3, 0.4) is 0 Å². The van der Waals surface area contributed by atoms with E-state index in [-0.39, 0.29) is 11.7 Å². The zero-order valence-corrected chi connectivity index (χ0v) is 12.1. The number of likely N-dealkylation sites (N-methyl/N-ethyl adjacent to an activating group) is 1. The molecule has 5 heteroatoms. The van der Waals surface area contributed by atoms with Gasteiger partial charge in [-0.05, 0) is 48.1 Å². The Labute approximate surface area is 115 Å². The van der Waals surface area contributed by atoms with Gasteiger partial charge in [0.1, 0.15) is 5.82 Å². The largest absolute Gasteiger partial charge is 0.336 e. The zero-order chi connectivity index (χ0) is 13.3. The molecular weight excluding hydrogens is 299 g/mol. The minimum absolute atomic E-state index is 0.0400. The molecule has 98 valence electrons. The maximum Gasteiger partial charge on any atom is 0.255 e. The Bertz CT molecular complexity index is 466. The first kappa shape index (κ1) is 13.5. The highest BCUT2D eigenvalue weighted by Gasteiger charge is 2.26. The maximum absolute atomic E-state index is 13.0. The van der Waals surface area contributed by atoms with Crippen LogP contribution in [0.5, 0.6) is 0 Å². The number of carbonyl (C=O) groups is 1. The average molecular weight is 315 g/mol. The van der Waals surface area contributed by atoms with E-state index >= 15 is 0 Å². The Balaban J connectivity index is 2.16. The Hall–Kier alpha value is -0.940. The molecule has 0 radical (unpaired) electrons. The smallest absolute Gasteiger partial charge is 0.255 e. The fourth-order valence-electron chi connectivity index (χ4n) is 2.07. The molecule has 1 aliphatic heterocycles. The molecule has 1 unspecified atom stereocenters. The van der Waals surface area contributed by atoms with Crippen LogP contribution >= 0.6 is 15.9 Å². The third kappa shape index (κ3) is 2.72. The quantitative estimate of drug-likeness (QED) is 0.794. The van der Waals surface area contributed by atoms with E-state index in [2.05, 4.69) is 34.8 Å². The van der Waals surface area contributed by atoms with E-state index in [1.807, 2.05) is 4.90 Å². The van der Waals surface area contributed by atoms with Gasteiger partial charge < -0.3 is 9.80 Å². The van der Waals surface area contributed by atoms with Crippen molar-refractivity contribution in [2.45, 2.75) is 13.0 Å². The lowest BCUT2D eigenvalue weighted by Crippen LogP contribution is -2.52. The molecule has 1 heterocycles. The van der Waals surface area contributed by atoms with Gasteiger partial charge in [0.05, 0.1) is 5.56 Å². The van der Waals surface area contributed by atoms with Crippen molar-refractivity contribution in [2.75, 3.05) is 26.7 Å². The molecule has 0 spiro atoms. The minimum atomic E-state index is -0.342. The molecule has 1 aromatic carbocycles. The number of nitrogens with zero attached hydrogens (tertiary/aromatic N) is 2. The first-order valence-electron chi connectivity index (χ1n) is 5.93. The van der Waals surface area contributed by atoms with Crippen molar-refractivity contribution in [1.82, 2.24) is 9.80 Å². The second-order valence-electron chi connectivity index (χ2n) is 4.70. The summed E-state index contributed by atoms with van der Waals surface area (Å²) in [6, 6.07) is 4.52. The van der Waals surface area contributed by atoms with Crippen LogP contribution < -0.4 is 0 Å². The molecule has 1 amide bonds. The minimum Gasteiger partial charge on any atom is -0.336 e. The molecule has 1 aromatic rings. The van der Waals surface area contributed by atoms with Gasteiger partial charge in [0, 0.05) is 30.1 Å². The van der Waals surface area contributed by atoms with Gasteiger partial charge in [-0.25, -0.2) is 4.39 Å². The van der Waals surface area contributed by atoms with Crippen LogP contribution in [-0.4, -0.2) is 48.4 Å². The fraction of sp³-hybridized carbons (Fsp3) is 0.462. The number of hydrogen-bond donors (Lipinski definition) is 0. The lowest BCUT2D eigenvalue weighted by atomic mass is 10.1. The highest BCUT2D eigenvalue weighted by molar-refractivity contribution is 9.10. The van der Waals surface area contributed by atoms with Crippen molar-refractivity contribution in [3.63, 3.8) is 0 Å². The molecule has 0 saturated carbocycles. The van der Waals surface area contributed by atoms with E-state index in [0.29, 0.717) is 29.2 Å². The lowest BCUT2D eigenvalue weighted by Gasteiger charge is -2.37. The predicted molar refractivity (Wildman–Crippen MR) is 72.1 cm³/mol. The lowest BCUT2D eigenvalue weighted by molar-refractivity contribution is 0.0571.